The molecule has 0 unspecified atom stereocenters. The van der Waals surface area contributed by atoms with Gasteiger partial charge in [0.15, 0.2) is 5.82 Å². The van der Waals surface area contributed by atoms with Crippen LogP contribution in [0.5, 0.6) is 0 Å². The second-order valence-corrected chi connectivity index (χ2v) is 5.30. The number of imidazole rings is 1. The number of hydrogen-bond donors (Lipinski definition) is 0. The molecule has 0 amide bonds. The van der Waals surface area contributed by atoms with E-state index in [1.165, 1.54) is 0 Å². The first-order valence-corrected chi connectivity index (χ1v) is 7.00. The van der Waals surface area contributed by atoms with Crippen LogP contribution in [0.25, 0.3) is 11.0 Å². The van der Waals surface area contributed by atoms with Gasteiger partial charge in [-0.15, -0.1) is 11.6 Å². The smallest absolute Gasteiger partial charge is 0.246 e. The lowest BCUT2D eigenvalue weighted by molar-refractivity contribution is 0.368. The third-order valence-electron chi connectivity index (χ3n) is 2.77. The Balaban J connectivity index is 2.10. The van der Waals surface area contributed by atoms with Crippen molar-refractivity contribution in [2.24, 2.45) is 0 Å². The Morgan fingerprint density at radius 3 is 2.89 bits per heavy atom. The molecule has 19 heavy (non-hydrogen) atoms. The molecule has 0 aliphatic carbocycles. The zero-order valence-electron chi connectivity index (χ0n) is 10.1. The lowest BCUT2D eigenvalue weighted by atomic mass is 10.3. The third-order valence-corrected chi connectivity index (χ3v) is 3.50. The van der Waals surface area contributed by atoms with Crippen LogP contribution in [0.4, 0.5) is 0 Å². The maximum Gasteiger partial charge on any atom is 0.246 e. The zero-order valence-corrected chi connectivity index (χ0v) is 12.4. The maximum atomic E-state index is 5.95. The minimum absolute atomic E-state index is 0.333. The van der Waals surface area contributed by atoms with Crippen molar-refractivity contribution in [2.45, 2.75) is 19.3 Å². The number of halogens is 2. The summed E-state index contributed by atoms with van der Waals surface area (Å²) >= 11 is 9.39. The van der Waals surface area contributed by atoms with E-state index in [2.05, 4.69) is 31.1 Å². The minimum atomic E-state index is 0.333. The summed E-state index contributed by atoms with van der Waals surface area (Å²) in [5.41, 5.74) is 1.89. The summed E-state index contributed by atoms with van der Waals surface area (Å²) in [6, 6.07) is 5.92. The molecule has 0 N–H and O–H groups in total. The number of hydrogen-bond acceptors (Lipinski definition) is 4. The Morgan fingerprint density at radius 2 is 2.21 bits per heavy atom. The van der Waals surface area contributed by atoms with Gasteiger partial charge in [0, 0.05) is 4.47 Å². The molecule has 0 bridgehead atoms. The number of fused-ring (bicyclic) bond motifs is 1. The van der Waals surface area contributed by atoms with Crippen molar-refractivity contribution in [1.82, 2.24) is 19.7 Å². The zero-order chi connectivity index (χ0) is 13.4. The Bertz CT molecular complexity index is 736. The first kappa shape index (κ1) is 12.6. The first-order valence-electron chi connectivity index (χ1n) is 5.67. The Morgan fingerprint density at radius 1 is 1.37 bits per heavy atom. The largest absolute Gasteiger partial charge is 0.337 e. The van der Waals surface area contributed by atoms with E-state index in [0.29, 0.717) is 24.1 Å². The van der Waals surface area contributed by atoms with Crippen molar-refractivity contribution in [2.75, 3.05) is 0 Å². The van der Waals surface area contributed by atoms with E-state index < -0.39 is 0 Å². The second kappa shape index (κ2) is 4.94. The molecule has 5 nitrogen and oxygen atoms in total. The van der Waals surface area contributed by atoms with Gasteiger partial charge in [-0.25, -0.2) is 4.98 Å². The van der Waals surface area contributed by atoms with Gasteiger partial charge in [0.25, 0.3) is 0 Å². The number of rotatable bonds is 3. The van der Waals surface area contributed by atoms with Gasteiger partial charge in [0.05, 0.1) is 16.9 Å². The molecule has 2 aromatic heterocycles. The van der Waals surface area contributed by atoms with E-state index in [1.54, 1.807) is 6.92 Å². The van der Waals surface area contributed by atoms with Crippen LogP contribution in [0, 0.1) is 6.92 Å². The summed E-state index contributed by atoms with van der Waals surface area (Å²) < 4.78 is 8.12. The average Bonchev–Trinajstić information content (AvgIpc) is 2.94. The fourth-order valence-corrected chi connectivity index (χ4v) is 2.52. The highest BCUT2D eigenvalue weighted by Gasteiger charge is 2.13. The standard InChI is InChI=1S/C12H10BrClN4O/c1-7-15-12(19-17-7)6-18-10-3-2-8(13)4-9(10)16-11(18)5-14/h2-4H,5-6H2,1H3. The van der Waals surface area contributed by atoms with Gasteiger partial charge in [-0.1, -0.05) is 21.1 Å². The SMILES string of the molecule is Cc1noc(Cn2c(CCl)nc3cc(Br)ccc32)n1. The molecule has 0 fully saturated rings. The normalized spacial score (nSPS) is 11.3. The molecule has 98 valence electrons. The lowest BCUT2D eigenvalue weighted by Gasteiger charge is -2.03. The quantitative estimate of drug-likeness (QED) is 0.686. The molecule has 7 heteroatoms. The lowest BCUT2D eigenvalue weighted by Crippen LogP contribution is -2.04. The predicted octanol–water partition coefficient (Wildman–Crippen LogP) is 3.28. The van der Waals surface area contributed by atoms with E-state index in [0.717, 1.165) is 21.3 Å². The van der Waals surface area contributed by atoms with Crippen molar-refractivity contribution < 1.29 is 4.52 Å². The Labute approximate surface area is 122 Å². The summed E-state index contributed by atoms with van der Waals surface area (Å²) in [5.74, 6) is 2.28. The highest BCUT2D eigenvalue weighted by Crippen LogP contribution is 2.22. The maximum absolute atomic E-state index is 5.95. The molecule has 2 heterocycles. The van der Waals surface area contributed by atoms with Crippen LogP contribution >= 0.6 is 27.5 Å². The Hall–Kier alpha value is -1.40. The Kier molecular flexibility index (Phi) is 3.28. The summed E-state index contributed by atoms with van der Waals surface area (Å²) in [4.78, 5) is 8.71. The molecule has 3 rings (SSSR count). The van der Waals surface area contributed by atoms with E-state index >= 15 is 0 Å². The molecule has 0 aliphatic rings. The average molecular weight is 342 g/mol. The monoisotopic (exact) mass is 340 g/mol. The molecule has 1 aromatic carbocycles. The number of benzene rings is 1. The van der Waals surface area contributed by atoms with E-state index in [1.807, 2.05) is 22.8 Å². The van der Waals surface area contributed by atoms with Crippen LogP contribution in [0.15, 0.2) is 27.2 Å². The summed E-state index contributed by atoms with van der Waals surface area (Å²) in [5, 5.41) is 3.79. The summed E-state index contributed by atoms with van der Waals surface area (Å²) in [7, 11) is 0. The fourth-order valence-electron chi connectivity index (χ4n) is 1.97. The molecule has 0 saturated heterocycles. The van der Waals surface area contributed by atoms with Crippen LogP contribution in [0.3, 0.4) is 0 Å². The highest BCUT2D eigenvalue weighted by molar-refractivity contribution is 9.10. The topological polar surface area (TPSA) is 56.7 Å². The van der Waals surface area contributed by atoms with Gasteiger partial charge in [0.2, 0.25) is 5.89 Å². The number of aromatic nitrogens is 4. The van der Waals surface area contributed by atoms with Crippen LogP contribution in [-0.4, -0.2) is 19.7 Å². The second-order valence-electron chi connectivity index (χ2n) is 4.12. The molecule has 0 spiro atoms. The van der Waals surface area contributed by atoms with Gasteiger partial charge in [-0.05, 0) is 25.1 Å². The van der Waals surface area contributed by atoms with E-state index in [9.17, 15) is 0 Å². The van der Waals surface area contributed by atoms with Crippen LogP contribution in [0.1, 0.15) is 17.5 Å². The van der Waals surface area contributed by atoms with Gasteiger partial charge in [0.1, 0.15) is 12.4 Å². The van der Waals surface area contributed by atoms with Gasteiger partial charge in [-0.3, -0.25) is 0 Å². The van der Waals surface area contributed by atoms with Gasteiger partial charge >= 0.3 is 0 Å². The van der Waals surface area contributed by atoms with Crippen molar-refractivity contribution >= 4 is 38.6 Å². The molecular formula is C12H10BrClN4O. The van der Waals surface area contributed by atoms with Crippen molar-refractivity contribution in [1.29, 1.82) is 0 Å². The van der Waals surface area contributed by atoms with Gasteiger partial charge in [-0.2, -0.15) is 4.98 Å². The van der Waals surface area contributed by atoms with Crippen molar-refractivity contribution in [3.63, 3.8) is 0 Å². The van der Waals surface area contributed by atoms with E-state index in [4.69, 9.17) is 16.1 Å². The summed E-state index contributed by atoms with van der Waals surface area (Å²) in [6.45, 7) is 2.26. The number of aryl methyl sites for hydroxylation is 1. The number of alkyl halides is 1. The van der Waals surface area contributed by atoms with Crippen molar-refractivity contribution in [3.8, 4) is 0 Å². The molecule has 0 atom stereocenters. The number of nitrogens with zero attached hydrogens (tertiary/aromatic N) is 4. The van der Waals surface area contributed by atoms with Crippen molar-refractivity contribution in [3.05, 3.63) is 40.2 Å². The third kappa shape index (κ3) is 2.37. The molecular weight excluding hydrogens is 332 g/mol. The highest BCUT2D eigenvalue weighted by atomic mass is 79.9. The summed E-state index contributed by atoms with van der Waals surface area (Å²) in [6.07, 6.45) is 0. The predicted molar refractivity (Wildman–Crippen MR) is 75.1 cm³/mol. The van der Waals surface area contributed by atoms with Crippen LogP contribution in [-0.2, 0) is 12.4 Å². The fraction of sp³-hybridized carbons (Fsp3) is 0.250. The van der Waals surface area contributed by atoms with Gasteiger partial charge < -0.3 is 9.09 Å². The first-order chi connectivity index (χ1) is 9.17. The van der Waals surface area contributed by atoms with E-state index in [-0.39, 0.29) is 0 Å². The molecule has 0 radical (unpaired) electrons. The molecule has 0 saturated carbocycles. The molecule has 3 aromatic rings. The minimum Gasteiger partial charge on any atom is -0.337 e. The van der Waals surface area contributed by atoms with Crippen LogP contribution < -0.4 is 0 Å². The van der Waals surface area contributed by atoms with Crippen LogP contribution in [0.2, 0.25) is 0 Å². The molecule has 0 aliphatic heterocycles.